The van der Waals surface area contributed by atoms with Crippen LogP contribution in [-0.2, 0) is 5.67 Å². The van der Waals surface area contributed by atoms with Crippen molar-refractivity contribution in [1.82, 2.24) is 9.97 Å². The highest BCUT2D eigenvalue weighted by Crippen LogP contribution is 2.27. The van der Waals surface area contributed by atoms with Crippen molar-refractivity contribution in [2.75, 3.05) is 6.54 Å². The molecule has 0 amide bonds. The minimum atomic E-state index is -1.51. The van der Waals surface area contributed by atoms with Crippen LogP contribution in [0.5, 0.6) is 0 Å². The van der Waals surface area contributed by atoms with Gasteiger partial charge in [0.05, 0.1) is 11.9 Å². The molecule has 4 heteroatoms. The highest BCUT2D eigenvalue weighted by Gasteiger charge is 2.30. The van der Waals surface area contributed by atoms with Gasteiger partial charge >= 0.3 is 0 Å². The molecule has 1 aromatic heterocycles. The van der Waals surface area contributed by atoms with Crippen molar-refractivity contribution in [2.24, 2.45) is 5.73 Å². The molecule has 0 radical (unpaired) electrons. The van der Waals surface area contributed by atoms with E-state index in [0.717, 1.165) is 6.42 Å². The monoisotopic (exact) mass is 183 g/mol. The van der Waals surface area contributed by atoms with E-state index in [4.69, 9.17) is 5.73 Å². The first-order valence-electron chi connectivity index (χ1n) is 4.38. The predicted octanol–water partition coefficient (Wildman–Crippen LogP) is 1.40. The molecule has 0 fully saturated rings. The number of aromatic nitrogens is 2. The Morgan fingerprint density at radius 1 is 1.54 bits per heavy atom. The summed E-state index contributed by atoms with van der Waals surface area (Å²) in [5.74, 6) is 0. The highest BCUT2D eigenvalue weighted by atomic mass is 19.1. The SMILES string of the molecule is CCCC(F)(CN)c1cnccn1. The maximum absolute atomic E-state index is 14.0. The second-order valence-corrected chi connectivity index (χ2v) is 3.01. The lowest BCUT2D eigenvalue weighted by atomic mass is 9.97. The van der Waals surface area contributed by atoms with Crippen LogP contribution in [0.2, 0.25) is 0 Å². The zero-order chi connectivity index (χ0) is 9.73. The number of nitrogens with two attached hydrogens (primary N) is 1. The smallest absolute Gasteiger partial charge is 0.166 e. The van der Waals surface area contributed by atoms with E-state index < -0.39 is 5.67 Å². The molecular weight excluding hydrogens is 169 g/mol. The van der Waals surface area contributed by atoms with Gasteiger partial charge in [-0.05, 0) is 6.42 Å². The summed E-state index contributed by atoms with van der Waals surface area (Å²) in [6.07, 6.45) is 5.57. The zero-order valence-electron chi connectivity index (χ0n) is 7.70. The quantitative estimate of drug-likeness (QED) is 0.767. The molecule has 3 nitrogen and oxygen atoms in total. The second-order valence-electron chi connectivity index (χ2n) is 3.01. The third kappa shape index (κ3) is 2.21. The van der Waals surface area contributed by atoms with Gasteiger partial charge in [0, 0.05) is 18.9 Å². The lowest BCUT2D eigenvalue weighted by Crippen LogP contribution is -2.31. The van der Waals surface area contributed by atoms with Crippen molar-refractivity contribution in [2.45, 2.75) is 25.4 Å². The summed E-state index contributed by atoms with van der Waals surface area (Å²) in [4.78, 5) is 7.75. The van der Waals surface area contributed by atoms with Gasteiger partial charge < -0.3 is 5.73 Å². The van der Waals surface area contributed by atoms with Crippen LogP contribution in [0.25, 0.3) is 0 Å². The molecule has 0 saturated heterocycles. The van der Waals surface area contributed by atoms with Gasteiger partial charge in [0.2, 0.25) is 0 Å². The van der Waals surface area contributed by atoms with Crippen molar-refractivity contribution >= 4 is 0 Å². The van der Waals surface area contributed by atoms with Crippen LogP contribution in [0.1, 0.15) is 25.5 Å². The molecule has 1 atom stereocenters. The molecule has 0 aliphatic rings. The molecule has 0 spiro atoms. The molecular formula is C9H14FN3. The number of nitrogens with zero attached hydrogens (tertiary/aromatic N) is 2. The maximum atomic E-state index is 14.0. The predicted molar refractivity (Wildman–Crippen MR) is 48.8 cm³/mol. The Balaban J connectivity index is 2.89. The fraction of sp³-hybridized carbons (Fsp3) is 0.556. The van der Waals surface area contributed by atoms with Crippen molar-refractivity contribution in [3.05, 3.63) is 24.3 Å². The Labute approximate surface area is 77.2 Å². The van der Waals surface area contributed by atoms with Crippen LogP contribution < -0.4 is 5.73 Å². The van der Waals surface area contributed by atoms with Crippen molar-refractivity contribution in [3.8, 4) is 0 Å². The van der Waals surface area contributed by atoms with Crippen LogP contribution >= 0.6 is 0 Å². The molecule has 72 valence electrons. The van der Waals surface area contributed by atoms with E-state index in [-0.39, 0.29) is 6.54 Å². The summed E-state index contributed by atoms with van der Waals surface area (Å²) in [6, 6.07) is 0. The second kappa shape index (κ2) is 4.28. The van der Waals surface area contributed by atoms with Crippen molar-refractivity contribution in [1.29, 1.82) is 0 Å². The van der Waals surface area contributed by atoms with Crippen LogP contribution in [0.15, 0.2) is 18.6 Å². The normalized spacial score (nSPS) is 15.3. The van der Waals surface area contributed by atoms with Crippen LogP contribution in [0, 0.1) is 0 Å². The first-order valence-corrected chi connectivity index (χ1v) is 4.38. The van der Waals surface area contributed by atoms with Crippen LogP contribution in [0.4, 0.5) is 4.39 Å². The number of rotatable bonds is 4. The standard InChI is InChI=1S/C9H14FN3/c1-2-3-9(10,7-11)8-6-12-4-5-13-8/h4-6H,2-3,7,11H2,1H3. The van der Waals surface area contributed by atoms with Gasteiger partial charge in [-0.1, -0.05) is 13.3 Å². The average molecular weight is 183 g/mol. The molecule has 0 aromatic carbocycles. The van der Waals surface area contributed by atoms with Gasteiger partial charge in [0.25, 0.3) is 0 Å². The highest BCUT2D eigenvalue weighted by molar-refractivity contribution is 5.08. The third-order valence-electron chi connectivity index (χ3n) is 1.99. The first kappa shape index (κ1) is 10.1. The zero-order valence-corrected chi connectivity index (χ0v) is 7.70. The summed E-state index contributed by atoms with van der Waals surface area (Å²) in [7, 11) is 0. The lowest BCUT2D eigenvalue weighted by molar-refractivity contribution is 0.153. The van der Waals surface area contributed by atoms with Crippen molar-refractivity contribution < 1.29 is 4.39 Å². The number of alkyl halides is 1. The first-order chi connectivity index (χ1) is 6.23. The van der Waals surface area contributed by atoms with E-state index >= 15 is 0 Å². The molecule has 1 aromatic rings. The Morgan fingerprint density at radius 3 is 2.77 bits per heavy atom. The minimum absolute atomic E-state index is 0.0421. The summed E-state index contributed by atoms with van der Waals surface area (Å²) >= 11 is 0. The molecule has 0 saturated carbocycles. The molecule has 1 heterocycles. The van der Waals surface area contributed by atoms with Gasteiger partial charge in [0.15, 0.2) is 5.67 Å². The number of hydrogen-bond acceptors (Lipinski definition) is 3. The topological polar surface area (TPSA) is 51.8 Å². The maximum Gasteiger partial charge on any atom is 0.166 e. The Bertz CT molecular complexity index is 252. The summed E-state index contributed by atoms with van der Waals surface area (Å²) in [5, 5.41) is 0. The summed E-state index contributed by atoms with van der Waals surface area (Å²) < 4.78 is 14.0. The van der Waals surface area contributed by atoms with Gasteiger partial charge in [-0.25, -0.2) is 4.39 Å². The molecule has 1 unspecified atom stereocenters. The molecule has 2 N–H and O–H groups in total. The van der Waals surface area contributed by atoms with E-state index in [0.29, 0.717) is 12.1 Å². The Hall–Kier alpha value is -1.03. The summed E-state index contributed by atoms with van der Waals surface area (Å²) in [6.45, 7) is 1.87. The van der Waals surface area contributed by atoms with E-state index in [1.807, 2.05) is 6.92 Å². The minimum Gasteiger partial charge on any atom is -0.327 e. The fourth-order valence-corrected chi connectivity index (χ4v) is 1.26. The lowest BCUT2D eigenvalue weighted by Gasteiger charge is -2.21. The van der Waals surface area contributed by atoms with Gasteiger partial charge in [0.1, 0.15) is 0 Å². The molecule has 1 rings (SSSR count). The van der Waals surface area contributed by atoms with Crippen molar-refractivity contribution in [3.63, 3.8) is 0 Å². The fourth-order valence-electron chi connectivity index (χ4n) is 1.26. The molecule has 0 bridgehead atoms. The summed E-state index contributed by atoms with van der Waals surface area (Å²) in [5.41, 5.74) is 4.20. The molecule has 13 heavy (non-hydrogen) atoms. The van der Waals surface area contributed by atoms with E-state index in [1.165, 1.54) is 18.6 Å². The van der Waals surface area contributed by atoms with Crippen LogP contribution in [0.3, 0.4) is 0 Å². The van der Waals surface area contributed by atoms with Gasteiger partial charge in [-0.15, -0.1) is 0 Å². The largest absolute Gasteiger partial charge is 0.327 e. The van der Waals surface area contributed by atoms with E-state index in [9.17, 15) is 4.39 Å². The molecule has 0 aliphatic carbocycles. The van der Waals surface area contributed by atoms with E-state index in [2.05, 4.69) is 9.97 Å². The van der Waals surface area contributed by atoms with Gasteiger partial charge in [-0.3, -0.25) is 9.97 Å². The third-order valence-corrected chi connectivity index (χ3v) is 1.99. The molecule has 0 aliphatic heterocycles. The Morgan fingerprint density at radius 2 is 2.31 bits per heavy atom. The number of halogens is 1. The van der Waals surface area contributed by atoms with Crippen LogP contribution in [-0.4, -0.2) is 16.5 Å². The van der Waals surface area contributed by atoms with Gasteiger partial charge in [-0.2, -0.15) is 0 Å². The number of hydrogen-bond donors (Lipinski definition) is 1. The Kier molecular flexibility index (Phi) is 3.31. The van der Waals surface area contributed by atoms with E-state index in [1.54, 1.807) is 0 Å². The average Bonchev–Trinajstić information content (AvgIpc) is 2.19.